The van der Waals surface area contributed by atoms with Gasteiger partial charge in [0.1, 0.15) is 4.90 Å². The average Bonchev–Trinajstić information content (AvgIpc) is 2.54. The van der Waals surface area contributed by atoms with Crippen LogP contribution in [-0.2, 0) is 14.8 Å². The van der Waals surface area contributed by atoms with E-state index in [4.69, 9.17) is 16.3 Å². The normalized spacial score (nSPS) is 18.0. The first-order valence-electron chi connectivity index (χ1n) is 8.28. The van der Waals surface area contributed by atoms with E-state index in [1.54, 1.807) is 19.2 Å². The standard InChI is InChI=1S/C17H27ClN2O3S/c1-13(2)14-4-5-15(18)16(10-14)24(21,22)20-11-17(12-23-3)6-8-19-9-7-17/h4-5,10,13,19-20H,6-9,11-12H2,1-3H3. The fraction of sp³-hybridized carbons (Fsp3) is 0.647. The molecule has 0 atom stereocenters. The van der Waals surface area contributed by atoms with Crippen molar-refractivity contribution in [1.29, 1.82) is 0 Å². The molecule has 0 spiro atoms. The molecule has 0 saturated carbocycles. The molecule has 1 fully saturated rings. The molecule has 1 aliphatic heterocycles. The van der Waals surface area contributed by atoms with Crippen LogP contribution in [0.3, 0.4) is 0 Å². The van der Waals surface area contributed by atoms with Crippen molar-refractivity contribution in [3.63, 3.8) is 0 Å². The maximum Gasteiger partial charge on any atom is 0.242 e. The van der Waals surface area contributed by atoms with Gasteiger partial charge in [0.25, 0.3) is 0 Å². The molecule has 1 saturated heterocycles. The quantitative estimate of drug-likeness (QED) is 0.770. The van der Waals surface area contributed by atoms with Crippen LogP contribution in [0, 0.1) is 5.41 Å². The van der Waals surface area contributed by atoms with Gasteiger partial charge in [0, 0.05) is 19.1 Å². The predicted molar refractivity (Wildman–Crippen MR) is 97.1 cm³/mol. The summed E-state index contributed by atoms with van der Waals surface area (Å²) in [6.45, 7) is 6.68. The zero-order chi connectivity index (χ0) is 17.8. The summed E-state index contributed by atoms with van der Waals surface area (Å²) in [5, 5.41) is 3.55. The van der Waals surface area contributed by atoms with Crippen LogP contribution in [0.5, 0.6) is 0 Å². The van der Waals surface area contributed by atoms with Crippen LogP contribution in [0.15, 0.2) is 23.1 Å². The second-order valence-corrected chi connectivity index (χ2v) is 8.99. The highest BCUT2D eigenvalue weighted by atomic mass is 35.5. The van der Waals surface area contributed by atoms with Crippen molar-refractivity contribution < 1.29 is 13.2 Å². The van der Waals surface area contributed by atoms with Gasteiger partial charge in [0.05, 0.1) is 11.6 Å². The lowest BCUT2D eigenvalue weighted by Crippen LogP contribution is -2.47. The summed E-state index contributed by atoms with van der Waals surface area (Å²) in [6.07, 6.45) is 1.76. The lowest BCUT2D eigenvalue weighted by atomic mass is 9.80. The minimum absolute atomic E-state index is 0.150. The summed E-state index contributed by atoms with van der Waals surface area (Å²) in [4.78, 5) is 0.150. The first kappa shape index (κ1) is 19.7. The van der Waals surface area contributed by atoms with Crippen LogP contribution in [0.2, 0.25) is 5.02 Å². The van der Waals surface area contributed by atoms with Crippen LogP contribution in [-0.4, -0.2) is 41.8 Å². The molecule has 0 bridgehead atoms. The Morgan fingerprint density at radius 3 is 2.58 bits per heavy atom. The van der Waals surface area contributed by atoms with Gasteiger partial charge in [-0.05, 0) is 49.5 Å². The van der Waals surface area contributed by atoms with E-state index in [9.17, 15) is 8.42 Å². The zero-order valence-corrected chi connectivity index (χ0v) is 16.1. The molecule has 1 aromatic carbocycles. The summed E-state index contributed by atoms with van der Waals surface area (Å²) < 4.78 is 33.6. The second kappa shape index (κ2) is 8.15. The van der Waals surface area contributed by atoms with Crippen molar-refractivity contribution >= 4 is 21.6 Å². The highest BCUT2D eigenvalue weighted by Gasteiger charge is 2.34. The Labute approximate surface area is 150 Å². The molecule has 2 rings (SSSR count). The number of methoxy groups -OCH3 is 1. The van der Waals surface area contributed by atoms with E-state index >= 15 is 0 Å². The molecule has 1 heterocycles. The van der Waals surface area contributed by atoms with Gasteiger partial charge in [0.2, 0.25) is 10.0 Å². The smallest absolute Gasteiger partial charge is 0.242 e. The molecule has 0 unspecified atom stereocenters. The fourth-order valence-corrected chi connectivity index (χ4v) is 4.74. The van der Waals surface area contributed by atoms with Gasteiger partial charge in [-0.25, -0.2) is 13.1 Å². The van der Waals surface area contributed by atoms with Crippen LogP contribution < -0.4 is 10.0 Å². The second-order valence-electron chi connectivity index (χ2n) is 6.85. The highest BCUT2D eigenvalue weighted by Crippen LogP contribution is 2.30. The Hall–Kier alpha value is -0.660. The van der Waals surface area contributed by atoms with Crippen LogP contribution in [0.25, 0.3) is 0 Å². The van der Waals surface area contributed by atoms with Crippen LogP contribution >= 0.6 is 11.6 Å². The number of sulfonamides is 1. The molecule has 5 nitrogen and oxygen atoms in total. The summed E-state index contributed by atoms with van der Waals surface area (Å²) >= 11 is 6.15. The van der Waals surface area contributed by atoms with Gasteiger partial charge in [-0.15, -0.1) is 0 Å². The molecule has 0 radical (unpaired) electrons. The van der Waals surface area contributed by atoms with Gasteiger partial charge in [-0.1, -0.05) is 31.5 Å². The summed E-state index contributed by atoms with van der Waals surface area (Å²) in [6, 6.07) is 5.19. The molecule has 136 valence electrons. The number of nitrogens with one attached hydrogen (secondary N) is 2. The molecule has 7 heteroatoms. The largest absolute Gasteiger partial charge is 0.384 e. The first-order chi connectivity index (χ1) is 11.3. The number of halogens is 1. The molecule has 0 aliphatic carbocycles. The van der Waals surface area contributed by atoms with E-state index in [1.165, 1.54) is 0 Å². The third kappa shape index (κ3) is 4.70. The maximum absolute atomic E-state index is 12.8. The highest BCUT2D eigenvalue weighted by molar-refractivity contribution is 7.89. The van der Waals surface area contributed by atoms with Gasteiger partial charge in [-0.2, -0.15) is 0 Å². The lowest BCUT2D eigenvalue weighted by molar-refractivity contribution is 0.0577. The lowest BCUT2D eigenvalue weighted by Gasteiger charge is -2.37. The molecule has 0 amide bonds. The van der Waals surface area contributed by atoms with Gasteiger partial charge >= 0.3 is 0 Å². The van der Waals surface area contributed by atoms with Crippen molar-refractivity contribution in [3.8, 4) is 0 Å². The fourth-order valence-electron chi connectivity index (χ4n) is 3.05. The predicted octanol–water partition coefficient (Wildman–Crippen LogP) is 2.76. The number of benzene rings is 1. The average molecular weight is 375 g/mol. The van der Waals surface area contributed by atoms with E-state index < -0.39 is 10.0 Å². The van der Waals surface area contributed by atoms with Crippen LogP contribution in [0.4, 0.5) is 0 Å². The minimum Gasteiger partial charge on any atom is -0.384 e. The monoisotopic (exact) mass is 374 g/mol. The summed E-state index contributed by atoms with van der Waals surface area (Å²) in [7, 11) is -2.01. The number of piperidine rings is 1. The Balaban J connectivity index is 2.20. The molecule has 2 N–H and O–H groups in total. The SMILES string of the molecule is COCC1(CNS(=O)(=O)c2cc(C(C)C)ccc2Cl)CCNCC1. The molecule has 0 aromatic heterocycles. The Bertz CT molecular complexity index is 650. The molecule has 1 aromatic rings. The van der Waals surface area contributed by atoms with Gasteiger partial charge < -0.3 is 10.1 Å². The van der Waals surface area contributed by atoms with Crippen molar-refractivity contribution in [2.24, 2.45) is 5.41 Å². The summed E-state index contributed by atoms with van der Waals surface area (Å²) in [5.41, 5.74) is 0.781. The number of ether oxygens (including phenoxy) is 1. The third-order valence-corrected chi connectivity index (χ3v) is 6.55. The van der Waals surface area contributed by atoms with E-state index in [0.29, 0.717) is 13.2 Å². The zero-order valence-electron chi connectivity index (χ0n) is 14.6. The maximum atomic E-state index is 12.8. The number of rotatable bonds is 7. The minimum atomic E-state index is -3.66. The topological polar surface area (TPSA) is 67.4 Å². The van der Waals surface area contributed by atoms with Gasteiger partial charge in [0.15, 0.2) is 0 Å². The first-order valence-corrected chi connectivity index (χ1v) is 10.1. The Morgan fingerprint density at radius 1 is 1.33 bits per heavy atom. The number of hydrogen-bond acceptors (Lipinski definition) is 4. The van der Waals surface area contributed by atoms with Crippen molar-refractivity contribution in [3.05, 3.63) is 28.8 Å². The molecular weight excluding hydrogens is 348 g/mol. The third-order valence-electron chi connectivity index (χ3n) is 4.66. The number of hydrogen-bond donors (Lipinski definition) is 2. The van der Waals surface area contributed by atoms with E-state index in [0.717, 1.165) is 31.5 Å². The Morgan fingerprint density at radius 2 is 2.00 bits per heavy atom. The van der Waals surface area contributed by atoms with Crippen molar-refractivity contribution in [2.75, 3.05) is 33.4 Å². The molecule has 24 heavy (non-hydrogen) atoms. The van der Waals surface area contributed by atoms with E-state index in [-0.39, 0.29) is 21.3 Å². The molecule has 1 aliphatic rings. The van der Waals surface area contributed by atoms with Crippen molar-refractivity contribution in [1.82, 2.24) is 10.0 Å². The van der Waals surface area contributed by atoms with Crippen LogP contribution in [0.1, 0.15) is 38.2 Å². The molecular formula is C17H27ClN2O3S. The van der Waals surface area contributed by atoms with E-state index in [2.05, 4.69) is 10.0 Å². The van der Waals surface area contributed by atoms with Crippen molar-refractivity contribution in [2.45, 2.75) is 37.5 Å². The van der Waals surface area contributed by atoms with Gasteiger partial charge in [-0.3, -0.25) is 0 Å². The Kier molecular flexibility index (Phi) is 6.67. The van der Waals surface area contributed by atoms with E-state index in [1.807, 2.05) is 19.9 Å². The summed E-state index contributed by atoms with van der Waals surface area (Å²) in [5.74, 6) is 0.237.